The molecule has 1 rings (SSSR count). The molecule has 94 valence electrons. The predicted molar refractivity (Wildman–Crippen MR) is 71.7 cm³/mol. The lowest BCUT2D eigenvalue weighted by Gasteiger charge is -2.15. The van der Waals surface area contributed by atoms with E-state index in [4.69, 9.17) is 10.8 Å². The fraction of sp³-hybridized carbons (Fsp3) is 0.455. The van der Waals surface area contributed by atoms with Crippen LogP contribution in [0.4, 0.5) is 11.5 Å². The van der Waals surface area contributed by atoms with Crippen molar-refractivity contribution in [2.75, 3.05) is 22.6 Å². The first-order chi connectivity index (χ1) is 8.04. The van der Waals surface area contributed by atoms with Gasteiger partial charge in [-0.05, 0) is 18.7 Å². The predicted octanol–water partition coefficient (Wildman–Crippen LogP) is 1.92. The van der Waals surface area contributed by atoms with Crippen molar-refractivity contribution in [3.05, 3.63) is 17.8 Å². The third-order valence-electron chi connectivity index (χ3n) is 2.09. The summed E-state index contributed by atoms with van der Waals surface area (Å²) in [5, 5.41) is 12.1. The molecule has 0 bridgehead atoms. The average molecular weight is 255 g/mol. The minimum absolute atomic E-state index is 0.110. The van der Waals surface area contributed by atoms with Gasteiger partial charge in [0, 0.05) is 11.8 Å². The van der Waals surface area contributed by atoms with Gasteiger partial charge in [0.1, 0.15) is 11.4 Å². The lowest BCUT2D eigenvalue weighted by Crippen LogP contribution is -2.21. The van der Waals surface area contributed by atoms with Gasteiger partial charge in [-0.2, -0.15) is 11.8 Å². The topological polar surface area (TPSA) is 88.2 Å². The molecule has 17 heavy (non-hydrogen) atoms. The van der Waals surface area contributed by atoms with Crippen LogP contribution in [0.2, 0.25) is 0 Å². The molecular formula is C11H17N3O2S. The number of hydrogen-bond acceptors (Lipinski definition) is 5. The molecule has 1 heterocycles. The van der Waals surface area contributed by atoms with Crippen LogP contribution in [0.25, 0.3) is 0 Å². The summed E-state index contributed by atoms with van der Waals surface area (Å²) in [5.41, 5.74) is 5.98. The van der Waals surface area contributed by atoms with Gasteiger partial charge in [0.25, 0.3) is 0 Å². The largest absolute Gasteiger partial charge is 0.478 e. The number of nitrogens with two attached hydrogens (primary N) is 1. The second-order valence-electron chi connectivity index (χ2n) is 3.67. The maximum absolute atomic E-state index is 11.0. The Bertz CT molecular complexity index is 398. The highest BCUT2D eigenvalue weighted by molar-refractivity contribution is 7.99. The Labute approximate surface area is 105 Å². The van der Waals surface area contributed by atoms with E-state index >= 15 is 0 Å². The number of aromatic nitrogens is 1. The van der Waals surface area contributed by atoms with Crippen molar-refractivity contribution in [3.8, 4) is 0 Å². The number of nitrogens with zero attached hydrogens (tertiary/aromatic N) is 1. The van der Waals surface area contributed by atoms with Crippen molar-refractivity contribution in [1.29, 1.82) is 0 Å². The molecule has 1 aromatic heterocycles. The van der Waals surface area contributed by atoms with Crippen LogP contribution in [-0.2, 0) is 0 Å². The first-order valence-corrected chi connectivity index (χ1v) is 6.53. The molecule has 0 amide bonds. The number of anilines is 2. The van der Waals surface area contributed by atoms with Crippen LogP contribution in [0.3, 0.4) is 0 Å². The van der Waals surface area contributed by atoms with E-state index in [0.29, 0.717) is 11.5 Å². The maximum Gasteiger partial charge on any atom is 0.339 e. The Balaban J connectivity index is 2.79. The summed E-state index contributed by atoms with van der Waals surface area (Å²) in [4.78, 5) is 15.1. The van der Waals surface area contributed by atoms with Gasteiger partial charge in [0.2, 0.25) is 0 Å². The average Bonchev–Trinajstić information content (AvgIpc) is 2.28. The van der Waals surface area contributed by atoms with Gasteiger partial charge in [-0.3, -0.25) is 0 Å². The molecule has 1 atom stereocenters. The van der Waals surface area contributed by atoms with E-state index in [1.807, 2.05) is 6.92 Å². The number of carboxylic acid groups (broad SMARTS) is 1. The van der Waals surface area contributed by atoms with Gasteiger partial charge in [0.15, 0.2) is 0 Å². The zero-order valence-corrected chi connectivity index (χ0v) is 10.8. The minimum atomic E-state index is -1.03. The third kappa shape index (κ3) is 4.14. The summed E-state index contributed by atoms with van der Waals surface area (Å²) in [6, 6.07) is 1.58. The van der Waals surface area contributed by atoms with Crippen molar-refractivity contribution >= 4 is 29.2 Å². The van der Waals surface area contributed by atoms with Crippen LogP contribution < -0.4 is 11.1 Å². The van der Waals surface area contributed by atoms with Crippen molar-refractivity contribution in [2.24, 2.45) is 0 Å². The van der Waals surface area contributed by atoms with E-state index in [-0.39, 0.29) is 11.6 Å². The van der Waals surface area contributed by atoms with Gasteiger partial charge in [-0.15, -0.1) is 0 Å². The monoisotopic (exact) mass is 255 g/mol. The second kappa shape index (κ2) is 6.34. The molecule has 0 aliphatic heterocycles. The molecular weight excluding hydrogens is 238 g/mol. The highest BCUT2D eigenvalue weighted by Crippen LogP contribution is 2.17. The lowest BCUT2D eigenvalue weighted by atomic mass is 10.2. The summed E-state index contributed by atoms with van der Waals surface area (Å²) in [5.74, 6) is 1.28. The number of carbonyl (C=O) groups is 1. The van der Waals surface area contributed by atoms with E-state index in [1.165, 1.54) is 12.3 Å². The fourth-order valence-electron chi connectivity index (χ4n) is 1.33. The van der Waals surface area contributed by atoms with Gasteiger partial charge < -0.3 is 16.2 Å². The van der Waals surface area contributed by atoms with E-state index in [0.717, 1.165) is 11.5 Å². The molecule has 1 unspecified atom stereocenters. The molecule has 4 N–H and O–H groups in total. The second-order valence-corrected chi connectivity index (χ2v) is 4.99. The number of hydrogen-bond donors (Lipinski definition) is 3. The molecule has 1 aromatic rings. The van der Waals surface area contributed by atoms with Crippen LogP contribution in [0.15, 0.2) is 12.3 Å². The van der Waals surface area contributed by atoms with Crippen molar-refractivity contribution in [3.63, 3.8) is 0 Å². The Morgan fingerprint density at radius 1 is 1.71 bits per heavy atom. The van der Waals surface area contributed by atoms with Gasteiger partial charge in [0.05, 0.1) is 11.9 Å². The molecule has 0 saturated heterocycles. The third-order valence-corrected chi connectivity index (χ3v) is 3.24. The number of aromatic carboxylic acids is 1. The van der Waals surface area contributed by atoms with E-state index in [1.54, 1.807) is 11.8 Å². The summed E-state index contributed by atoms with van der Waals surface area (Å²) in [6.07, 6.45) is 1.45. The van der Waals surface area contributed by atoms with Crippen molar-refractivity contribution in [1.82, 2.24) is 4.98 Å². The standard InChI is InChI=1S/C11H17N3O2S/c1-3-17-6-7(2)14-10-9(11(15)16)4-8(12)5-13-10/h4-5,7H,3,6,12H2,1-2H3,(H,13,14)(H,15,16). The number of carboxylic acids is 1. The first kappa shape index (κ1) is 13.6. The number of thioether (sulfide) groups is 1. The van der Waals surface area contributed by atoms with Crippen molar-refractivity contribution in [2.45, 2.75) is 19.9 Å². The van der Waals surface area contributed by atoms with E-state index in [2.05, 4.69) is 17.2 Å². The summed E-state index contributed by atoms with van der Waals surface area (Å²) < 4.78 is 0. The number of rotatable bonds is 6. The maximum atomic E-state index is 11.0. The zero-order valence-electron chi connectivity index (χ0n) is 9.93. The Kier molecular flexibility index (Phi) is 5.09. The Hall–Kier alpha value is -1.43. The smallest absolute Gasteiger partial charge is 0.339 e. The Morgan fingerprint density at radius 2 is 2.41 bits per heavy atom. The van der Waals surface area contributed by atoms with Gasteiger partial charge in [-0.25, -0.2) is 9.78 Å². The molecule has 0 aliphatic rings. The minimum Gasteiger partial charge on any atom is -0.478 e. The van der Waals surface area contributed by atoms with Crippen molar-refractivity contribution < 1.29 is 9.90 Å². The number of nitrogen functional groups attached to an aromatic ring is 1. The Morgan fingerprint density at radius 3 is 3.00 bits per heavy atom. The molecule has 0 radical (unpaired) electrons. The first-order valence-electron chi connectivity index (χ1n) is 5.37. The van der Waals surface area contributed by atoms with E-state index < -0.39 is 5.97 Å². The lowest BCUT2D eigenvalue weighted by molar-refractivity contribution is 0.0697. The van der Waals surface area contributed by atoms with Crippen LogP contribution in [-0.4, -0.2) is 33.6 Å². The molecule has 6 heteroatoms. The SMILES string of the molecule is CCSCC(C)Nc1ncc(N)cc1C(=O)O. The molecule has 0 spiro atoms. The van der Waals surface area contributed by atoms with E-state index in [9.17, 15) is 4.79 Å². The zero-order chi connectivity index (χ0) is 12.8. The highest BCUT2D eigenvalue weighted by atomic mass is 32.2. The quantitative estimate of drug-likeness (QED) is 0.719. The molecule has 0 saturated carbocycles. The molecule has 0 aliphatic carbocycles. The fourth-order valence-corrected chi connectivity index (χ4v) is 2.00. The molecule has 0 fully saturated rings. The van der Waals surface area contributed by atoms with Gasteiger partial charge in [-0.1, -0.05) is 6.92 Å². The summed E-state index contributed by atoms with van der Waals surface area (Å²) in [6.45, 7) is 4.08. The van der Waals surface area contributed by atoms with Crippen LogP contribution in [0.5, 0.6) is 0 Å². The molecule has 5 nitrogen and oxygen atoms in total. The van der Waals surface area contributed by atoms with Gasteiger partial charge >= 0.3 is 5.97 Å². The normalized spacial score (nSPS) is 12.1. The number of nitrogens with one attached hydrogen (secondary N) is 1. The molecule has 0 aromatic carbocycles. The summed E-state index contributed by atoms with van der Waals surface area (Å²) in [7, 11) is 0. The highest BCUT2D eigenvalue weighted by Gasteiger charge is 2.13. The number of pyridine rings is 1. The van der Waals surface area contributed by atoms with Crippen LogP contribution in [0.1, 0.15) is 24.2 Å². The van der Waals surface area contributed by atoms with Crippen LogP contribution >= 0.6 is 11.8 Å². The van der Waals surface area contributed by atoms with Crippen LogP contribution in [0, 0.1) is 0 Å². The summed E-state index contributed by atoms with van der Waals surface area (Å²) >= 11 is 1.79.